The van der Waals surface area contributed by atoms with Crippen molar-refractivity contribution in [1.82, 2.24) is 20.7 Å². The zero-order chi connectivity index (χ0) is 22.9. The van der Waals surface area contributed by atoms with Crippen LogP contribution in [0, 0.1) is 11.8 Å². The van der Waals surface area contributed by atoms with Gasteiger partial charge in [-0.15, -0.1) is 0 Å². The zero-order valence-electron chi connectivity index (χ0n) is 18.7. The SMILES string of the molecule is C=C(C[C@@H](NC)[C@H](C)C(CS)NC(=O)NCC1C=CC=CC1)S(=O)(=O)NC(C)(C)C. The average Bonchev–Trinajstić information content (AvgIpc) is 2.66. The van der Waals surface area contributed by atoms with Crippen molar-refractivity contribution in [3.05, 3.63) is 35.8 Å². The molecule has 4 atom stereocenters. The molecule has 0 bridgehead atoms. The molecule has 30 heavy (non-hydrogen) atoms. The van der Waals surface area contributed by atoms with Crippen molar-refractivity contribution in [2.45, 2.75) is 58.2 Å². The molecule has 0 aromatic carbocycles. The highest BCUT2D eigenvalue weighted by atomic mass is 32.2. The summed E-state index contributed by atoms with van der Waals surface area (Å²) in [4.78, 5) is 12.5. The fourth-order valence-corrected chi connectivity index (χ4v) is 5.00. The first-order chi connectivity index (χ1) is 13.9. The Balaban J connectivity index is 2.66. The molecular formula is C21H38N4O3S2. The van der Waals surface area contributed by atoms with Crippen LogP contribution in [0.1, 0.15) is 40.5 Å². The van der Waals surface area contributed by atoms with Crippen molar-refractivity contribution < 1.29 is 13.2 Å². The Bertz CT molecular complexity index is 742. The van der Waals surface area contributed by atoms with Gasteiger partial charge in [0, 0.05) is 29.9 Å². The predicted molar refractivity (Wildman–Crippen MR) is 128 cm³/mol. The lowest BCUT2D eigenvalue weighted by molar-refractivity contribution is 0.228. The van der Waals surface area contributed by atoms with Gasteiger partial charge < -0.3 is 16.0 Å². The summed E-state index contributed by atoms with van der Waals surface area (Å²) >= 11 is 4.39. The molecule has 1 rings (SSSR count). The number of hydrogen-bond donors (Lipinski definition) is 5. The third-order valence-electron chi connectivity index (χ3n) is 5.02. The number of sulfonamides is 1. The highest BCUT2D eigenvalue weighted by molar-refractivity contribution is 7.93. The van der Waals surface area contributed by atoms with Gasteiger partial charge in [0.15, 0.2) is 0 Å². The summed E-state index contributed by atoms with van der Waals surface area (Å²) < 4.78 is 27.7. The number of rotatable bonds is 11. The molecule has 1 aliphatic rings. The molecule has 0 saturated heterocycles. The van der Waals surface area contributed by atoms with Crippen molar-refractivity contribution in [3.63, 3.8) is 0 Å². The molecule has 9 heteroatoms. The van der Waals surface area contributed by atoms with E-state index in [9.17, 15) is 13.2 Å². The van der Waals surface area contributed by atoms with Gasteiger partial charge in [-0.25, -0.2) is 17.9 Å². The quantitative estimate of drug-likeness (QED) is 0.307. The van der Waals surface area contributed by atoms with E-state index in [1.165, 1.54) is 0 Å². The van der Waals surface area contributed by atoms with Gasteiger partial charge in [-0.1, -0.05) is 37.8 Å². The first-order valence-corrected chi connectivity index (χ1v) is 12.4. The van der Waals surface area contributed by atoms with Crippen molar-refractivity contribution in [1.29, 1.82) is 0 Å². The Kier molecular flexibility index (Phi) is 10.6. The van der Waals surface area contributed by atoms with Crippen LogP contribution in [0.2, 0.25) is 0 Å². The fourth-order valence-electron chi connectivity index (χ4n) is 3.23. The van der Waals surface area contributed by atoms with E-state index in [1.54, 1.807) is 27.8 Å². The summed E-state index contributed by atoms with van der Waals surface area (Å²) in [7, 11) is -1.87. The third kappa shape index (κ3) is 9.24. The standard InChI is InChI=1S/C21H38N4O3S2/c1-15(30(27,28)25-21(3,4)5)12-18(22-6)16(2)19(14-29)24-20(26)23-13-17-10-8-7-9-11-17/h7-10,16-19,22,25,29H,1,11-14H2,2-6H3,(H2,23,24,26)/t16-,17?,18+,19?/m0/s1. The molecular weight excluding hydrogens is 420 g/mol. The smallest absolute Gasteiger partial charge is 0.315 e. The molecule has 0 saturated carbocycles. The summed E-state index contributed by atoms with van der Waals surface area (Å²) in [6.45, 7) is 11.7. The maximum Gasteiger partial charge on any atom is 0.315 e. The summed E-state index contributed by atoms with van der Waals surface area (Å²) in [5.41, 5.74) is -0.584. The summed E-state index contributed by atoms with van der Waals surface area (Å²) in [6.07, 6.45) is 9.28. The molecule has 2 amide bonds. The molecule has 4 N–H and O–H groups in total. The number of amides is 2. The Labute approximate surface area is 187 Å². The largest absolute Gasteiger partial charge is 0.338 e. The third-order valence-corrected chi connectivity index (χ3v) is 7.22. The van der Waals surface area contributed by atoms with Gasteiger partial charge in [0.1, 0.15) is 0 Å². The Morgan fingerprint density at radius 3 is 2.43 bits per heavy atom. The molecule has 1 aliphatic carbocycles. The second kappa shape index (κ2) is 11.9. The maximum absolute atomic E-state index is 12.5. The van der Waals surface area contributed by atoms with Crippen molar-refractivity contribution >= 4 is 28.7 Å². The van der Waals surface area contributed by atoms with Gasteiger partial charge in [0.05, 0.1) is 4.91 Å². The van der Waals surface area contributed by atoms with Crippen LogP contribution in [0.5, 0.6) is 0 Å². The maximum atomic E-state index is 12.5. The number of hydrogen-bond acceptors (Lipinski definition) is 5. The lowest BCUT2D eigenvalue weighted by atomic mass is 9.92. The van der Waals surface area contributed by atoms with Gasteiger partial charge in [-0.3, -0.25) is 0 Å². The van der Waals surface area contributed by atoms with Crippen LogP contribution < -0.4 is 20.7 Å². The van der Waals surface area contributed by atoms with Gasteiger partial charge in [-0.05, 0) is 52.5 Å². The Hall–Kier alpha value is -1.29. The number of nitrogens with one attached hydrogen (secondary N) is 4. The highest BCUT2D eigenvalue weighted by Gasteiger charge is 2.30. The van der Waals surface area contributed by atoms with Crippen LogP contribution >= 0.6 is 12.6 Å². The van der Waals surface area contributed by atoms with Crippen molar-refractivity contribution in [3.8, 4) is 0 Å². The predicted octanol–water partition coefficient (Wildman–Crippen LogP) is 2.56. The van der Waals surface area contributed by atoms with E-state index in [1.807, 2.05) is 19.1 Å². The van der Waals surface area contributed by atoms with Gasteiger partial charge >= 0.3 is 6.03 Å². The van der Waals surface area contributed by atoms with Crippen LogP contribution in [0.25, 0.3) is 0 Å². The second-order valence-electron chi connectivity index (χ2n) is 8.80. The normalized spacial score (nSPS) is 19.7. The average molecular weight is 459 g/mol. The Morgan fingerprint density at radius 2 is 1.93 bits per heavy atom. The van der Waals surface area contributed by atoms with Crippen LogP contribution in [-0.4, -0.2) is 51.4 Å². The topological polar surface area (TPSA) is 99.3 Å². The molecule has 0 aromatic heterocycles. The molecule has 7 nitrogen and oxygen atoms in total. The molecule has 0 aromatic rings. The van der Waals surface area contributed by atoms with E-state index < -0.39 is 15.6 Å². The zero-order valence-corrected chi connectivity index (χ0v) is 20.4. The lowest BCUT2D eigenvalue weighted by Gasteiger charge is -2.32. The summed E-state index contributed by atoms with van der Waals surface area (Å²) in [6, 6.07) is -0.684. The summed E-state index contributed by atoms with van der Waals surface area (Å²) in [5.74, 6) is 0.650. The number of carbonyl (C=O) groups is 1. The number of thiol groups is 1. The first-order valence-electron chi connectivity index (χ1n) is 10.3. The molecule has 0 aliphatic heterocycles. The lowest BCUT2D eigenvalue weighted by Crippen LogP contribution is -2.52. The van der Waals surface area contributed by atoms with Gasteiger partial charge in [0.2, 0.25) is 10.0 Å². The Morgan fingerprint density at radius 1 is 1.27 bits per heavy atom. The van der Waals surface area contributed by atoms with E-state index in [-0.39, 0.29) is 35.4 Å². The molecule has 0 spiro atoms. The van der Waals surface area contributed by atoms with E-state index in [2.05, 4.69) is 52.0 Å². The first kappa shape index (κ1) is 26.7. The minimum absolute atomic E-state index is 0.0719. The highest BCUT2D eigenvalue weighted by Crippen LogP contribution is 2.20. The minimum Gasteiger partial charge on any atom is -0.338 e. The molecule has 0 fully saturated rings. The monoisotopic (exact) mass is 458 g/mol. The van der Waals surface area contributed by atoms with Gasteiger partial charge in [0.25, 0.3) is 0 Å². The second-order valence-corrected chi connectivity index (χ2v) is 11.0. The molecule has 2 unspecified atom stereocenters. The van der Waals surface area contributed by atoms with E-state index in [0.717, 1.165) is 6.42 Å². The van der Waals surface area contributed by atoms with E-state index >= 15 is 0 Å². The fraction of sp³-hybridized carbons (Fsp3) is 0.667. The van der Waals surface area contributed by atoms with Crippen LogP contribution in [-0.2, 0) is 10.0 Å². The van der Waals surface area contributed by atoms with Crippen LogP contribution in [0.15, 0.2) is 35.8 Å². The van der Waals surface area contributed by atoms with E-state index in [0.29, 0.717) is 18.2 Å². The number of urea groups is 1. The molecule has 0 radical (unpaired) electrons. The summed E-state index contributed by atoms with van der Waals surface area (Å²) in [5, 5.41) is 9.04. The van der Waals surface area contributed by atoms with Crippen molar-refractivity contribution in [2.24, 2.45) is 11.8 Å². The van der Waals surface area contributed by atoms with Crippen LogP contribution in [0.4, 0.5) is 4.79 Å². The van der Waals surface area contributed by atoms with E-state index in [4.69, 9.17) is 0 Å². The number of allylic oxidation sites excluding steroid dienone is 3. The van der Waals surface area contributed by atoms with Crippen molar-refractivity contribution in [2.75, 3.05) is 19.3 Å². The molecule has 0 heterocycles. The van der Waals surface area contributed by atoms with Gasteiger partial charge in [-0.2, -0.15) is 12.6 Å². The molecule has 172 valence electrons. The number of carbonyl (C=O) groups excluding carboxylic acids is 1. The minimum atomic E-state index is -3.65. The van der Waals surface area contributed by atoms with Crippen LogP contribution in [0.3, 0.4) is 0 Å².